The first-order chi connectivity index (χ1) is 14.5. The first-order valence-electron chi connectivity index (χ1n) is 11.1. The second-order valence-electron chi connectivity index (χ2n) is 9.00. The first-order valence-corrected chi connectivity index (χ1v) is 11.1. The van der Waals surface area contributed by atoms with Gasteiger partial charge in [-0.25, -0.2) is 0 Å². The third-order valence-corrected chi connectivity index (χ3v) is 6.84. The number of hydrogen-bond acceptors (Lipinski definition) is 5. The van der Waals surface area contributed by atoms with E-state index in [1.807, 2.05) is 30.0 Å². The van der Waals surface area contributed by atoms with Crippen molar-refractivity contribution in [2.45, 2.75) is 32.2 Å². The molecule has 0 bridgehead atoms. The largest absolute Gasteiger partial charge is 0.495 e. The molecule has 1 aromatic rings. The number of hydrogen-bond donors (Lipinski definition) is 0. The molecule has 0 saturated carbocycles. The standard InChI is InChI=1S/C23H34N4O3/c1-17-6-7-21(30-3)20(13-17)27-15-18(14-22(27)28)23(29)26-11-9-25(10-12-26)19-5-4-8-24(2)16-19/h6-7,13,18-19H,4-5,8-12,14-16H2,1-3H3. The molecule has 3 fully saturated rings. The van der Waals surface area contributed by atoms with Gasteiger partial charge in [-0.15, -0.1) is 0 Å². The zero-order valence-electron chi connectivity index (χ0n) is 18.5. The molecule has 7 heteroatoms. The second kappa shape index (κ2) is 8.94. The Labute approximate surface area is 179 Å². The van der Waals surface area contributed by atoms with E-state index < -0.39 is 0 Å². The van der Waals surface area contributed by atoms with Crippen molar-refractivity contribution in [3.63, 3.8) is 0 Å². The Balaban J connectivity index is 1.36. The van der Waals surface area contributed by atoms with Gasteiger partial charge in [0, 0.05) is 51.7 Å². The summed E-state index contributed by atoms with van der Waals surface area (Å²) in [6, 6.07) is 6.42. The number of carbonyl (C=O) groups is 2. The first kappa shape index (κ1) is 21.1. The molecule has 2 atom stereocenters. The Morgan fingerprint density at radius 2 is 1.87 bits per heavy atom. The van der Waals surface area contributed by atoms with Gasteiger partial charge in [-0.3, -0.25) is 14.5 Å². The lowest BCUT2D eigenvalue weighted by molar-refractivity contribution is -0.138. The minimum atomic E-state index is -0.268. The Bertz CT molecular complexity index is 791. The zero-order valence-corrected chi connectivity index (χ0v) is 18.5. The summed E-state index contributed by atoms with van der Waals surface area (Å²) >= 11 is 0. The van der Waals surface area contributed by atoms with E-state index in [0.29, 0.717) is 18.3 Å². The number of piperidine rings is 1. The van der Waals surface area contributed by atoms with E-state index in [2.05, 4.69) is 16.8 Å². The number of likely N-dealkylation sites (tertiary alicyclic amines) is 1. The molecule has 3 aliphatic heterocycles. The van der Waals surface area contributed by atoms with Gasteiger partial charge in [0.05, 0.1) is 18.7 Å². The summed E-state index contributed by atoms with van der Waals surface area (Å²) in [5, 5.41) is 0. The quantitative estimate of drug-likeness (QED) is 0.749. The van der Waals surface area contributed by atoms with Crippen molar-refractivity contribution in [3.8, 4) is 5.75 Å². The molecule has 30 heavy (non-hydrogen) atoms. The number of likely N-dealkylation sites (N-methyl/N-ethyl adjacent to an activating group) is 1. The van der Waals surface area contributed by atoms with Crippen molar-refractivity contribution in [2.75, 3.05) is 64.9 Å². The Kier molecular flexibility index (Phi) is 6.29. The molecule has 4 rings (SSSR count). The van der Waals surface area contributed by atoms with Crippen LogP contribution in [0.4, 0.5) is 5.69 Å². The number of benzene rings is 1. The number of nitrogens with zero attached hydrogens (tertiary/aromatic N) is 4. The summed E-state index contributed by atoms with van der Waals surface area (Å²) in [7, 11) is 3.80. The van der Waals surface area contributed by atoms with Crippen LogP contribution in [0.3, 0.4) is 0 Å². The normalized spacial score (nSPS) is 26.3. The maximum absolute atomic E-state index is 13.2. The molecule has 0 radical (unpaired) electrons. The smallest absolute Gasteiger partial charge is 0.228 e. The molecule has 1 aromatic carbocycles. The van der Waals surface area contributed by atoms with E-state index in [9.17, 15) is 9.59 Å². The molecule has 2 unspecified atom stereocenters. The minimum absolute atomic E-state index is 0.00105. The van der Waals surface area contributed by atoms with E-state index in [4.69, 9.17) is 4.74 Å². The van der Waals surface area contributed by atoms with Crippen LogP contribution in [0.15, 0.2) is 18.2 Å². The van der Waals surface area contributed by atoms with Gasteiger partial charge in [0.2, 0.25) is 11.8 Å². The summed E-state index contributed by atoms with van der Waals surface area (Å²) in [6.07, 6.45) is 2.79. The highest BCUT2D eigenvalue weighted by molar-refractivity contribution is 6.01. The maximum atomic E-state index is 13.2. The maximum Gasteiger partial charge on any atom is 0.228 e. The van der Waals surface area contributed by atoms with Gasteiger partial charge in [0.15, 0.2) is 0 Å². The van der Waals surface area contributed by atoms with Crippen LogP contribution in [-0.2, 0) is 9.59 Å². The van der Waals surface area contributed by atoms with Gasteiger partial charge in [-0.05, 0) is 51.1 Å². The van der Waals surface area contributed by atoms with Crippen molar-refractivity contribution in [1.29, 1.82) is 0 Å². The average molecular weight is 415 g/mol. The zero-order chi connectivity index (χ0) is 21.3. The summed E-state index contributed by atoms with van der Waals surface area (Å²) < 4.78 is 5.45. The van der Waals surface area contributed by atoms with Crippen molar-refractivity contribution >= 4 is 17.5 Å². The van der Waals surface area contributed by atoms with Crippen LogP contribution in [0.5, 0.6) is 5.75 Å². The van der Waals surface area contributed by atoms with Crippen LogP contribution in [0.2, 0.25) is 0 Å². The summed E-state index contributed by atoms with van der Waals surface area (Å²) in [5.41, 5.74) is 1.84. The number of rotatable bonds is 4. The Hall–Kier alpha value is -2.12. The minimum Gasteiger partial charge on any atom is -0.495 e. The molecule has 2 amide bonds. The number of ether oxygens (including phenoxy) is 1. The van der Waals surface area contributed by atoms with Crippen LogP contribution in [0, 0.1) is 12.8 Å². The fourth-order valence-electron chi connectivity index (χ4n) is 5.12. The Morgan fingerprint density at radius 3 is 2.57 bits per heavy atom. The van der Waals surface area contributed by atoms with Gasteiger partial charge in [-0.1, -0.05) is 6.07 Å². The number of piperazine rings is 1. The summed E-state index contributed by atoms with van der Waals surface area (Å²) in [5.74, 6) is 0.530. The Morgan fingerprint density at radius 1 is 1.10 bits per heavy atom. The molecular formula is C23H34N4O3. The molecule has 3 aliphatic rings. The van der Waals surface area contributed by atoms with E-state index in [1.54, 1.807) is 12.0 Å². The van der Waals surface area contributed by atoms with Crippen LogP contribution in [0.1, 0.15) is 24.8 Å². The molecule has 0 aliphatic carbocycles. The highest BCUT2D eigenvalue weighted by atomic mass is 16.5. The van der Waals surface area contributed by atoms with Crippen LogP contribution in [-0.4, -0.2) is 92.5 Å². The van der Waals surface area contributed by atoms with Gasteiger partial charge in [0.25, 0.3) is 0 Å². The number of carbonyl (C=O) groups excluding carboxylic acids is 2. The van der Waals surface area contributed by atoms with E-state index in [1.165, 1.54) is 19.4 Å². The molecule has 0 aromatic heterocycles. The number of methoxy groups -OCH3 is 1. The van der Waals surface area contributed by atoms with E-state index in [-0.39, 0.29) is 24.2 Å². The lowest BCUT2D eigenvalue weighted by Gasteiger charge is -2.43. The highest BCUT2D eigenvalue weighted by Crippen LogP contribution is 2.34. The lowest BCUT2D eigenvalue weighted by Crippen LogP contribution is -2.56. The average Bonchev–Trinajstić information content (AvgIpc) is 3.14. The third-order valence-electron chi connectivity index (χ3n) is 6.84. The summed E-state index contributed by atoms with van der Waals surface area (Å²) in [4.78, 5) is 34.5. The monoisotopic (exact) mass is 414 g/mol. The molecule has 7 nitrogen and oxygen atoms in total. The fraction of sp³-hybridized carbons (Fsp3) is 0.652. The molecule has 3 heterocycles. The van der Waals surface area contributed by atoms with Crippen molar-refractivity contribution < 1.29 is 14.3 Å². The fourth-order valence-corrected chi connectivity index (χ4v) is 5.12. The molecule has 3 saturated heterocycles. The van der Waals surface area contributed by atoms with Crippen LogP contribution in [0.25, 0.3) is 0 Å². The summed E-state index contributed by atoms with van der Waals surface area (Å²) in [6.45, 7) is 8.13. The predicted molar refractivity (Wildman–Crippen MR) is 117 cm³/mol. The topological polar surface area (TPSA) is 56.3 Å². The number of aryl methyl sites for hydroxylation is 1. The SMILES string of the molecule is COc1ccc(C)cc1N1CC(C(=O)N2CCN(C3CCCN(C)C3)CC2)CC1=O. The van der Waals surface area contributed by atoms with E-state index >= 15 is 0 Å². The third kappa shape index (κ3) is 4.32. The van der Waals surface area contributed by atoms with Gasteiger partial charge in [-0.2, -0.15) is 0 Å². The van der Waals surface area contributed by atoms with Crippen LogP contribution >= 0.6 is 0 Å². The number of amides is 2. The van der Waals surface area contributed by atoms with Crippen molar-refractivity contribution in [2.24, 2.45) is 5.92 Å². The van der Waals surface area contributed by atoms with Gasteiger partial charge >= 0.3 is 0 Å². The van der Waals surface area contributed by atoms with E-state index in [0.717, 1.165) is 44.0 Å². The van der Waals surface area contributed by atoms with Crippen molar-refractivity contribution in [1.82, 2.24) is 14.7 Å². The molecule has 0 N–H and O–H groups in total. The second-order valence-corrected chi connectivity index (χ2v) is 9.00. The van der Waals surface area contributed by atoms with Gasteiger partial charge < -0.3 is 19.4 Å². The molecular weight excluding hydrogens is 380 g/mol. The highest BCUT2D eigenvalue weighted by Gasteiger charge is 2.39. The van der Waals surface area contributed by atoms with Crippen molar-refractivity contribution in [3.05, 3.63) is 23.8 Å². The van der Waals surface area contributed by atoms with Gasteiger partial charge in [0.1, 0.15) is 5.75 Å². The predicted octanol–water partition coefficient (Wildman–Crippen LogP) is 1.59. The molecule has 164 valence electrons. The molecule has 0 spiro atoms. The number of anilines is 1. The lowest BCUT2D eigenvalue weighted by atomic mass is 10.0. The van der Waals surface area contributed by atoms with Crippen LogP contribution < -0.4 is 9.64 Å².